The minimum atomic E-state index is 0.448. The molecule has 11 heavy (non-hydrogen) atoms. The summed E-state index contributed by atoms with van der Waals surface area (Å²) < 4.78 is 0. The molecule has 0 aliphatic heterocycles. The molecular weight excluding hydrogens is 156 g/mol. The summed E-state index contributed by atoms with van der Waals surface area (Å²) >= 11 is 5.98. The average molecular weight is 168 g/mol. The Morgan fingerprint density at radius 1 is 1.36 bits per heavy atom. The molecule has 0 N–H and O–H groups in total. The van der Waals surface area contributed by atoms with E-state index in [0.717, 1.165) is 5.02 Å². The summed E-state index contributed by atoms with van der Waals surface area (Å²) in [6, 6.07) is 7.96. The number of hydrogen-bond acceptors (Lipinski definition) is 0. The molecule has 1 rings (SSSR count). The Labute approximate surface area is 73.2 Å². The zero-order valence-corrected chi connectivity index (χ0v) is 7.60. The Balaban J connectivity index is 2.93. The topological polar surface area (TPSA) is 0 Å². The maximum Gasteiger partial charge on any atom is 0.0440 e. The van der Waals surface area contributed by atoms with E-state index in [1.807, 2.05) is 25.1 Å². The van der Waals surface area contributed by atoms with Crippen LogP contribution in [0, 0.1) is 6.42 Å². The van der Waals surface area contributed by atoms with Gasteiger partial charge in [-0.15, -0.1) is 0 Å². The van der Waals surface area contributed by atoms with Crippen molar-refractivity contribution < 1.29 is 0 Å². The lowest BCUT2D eigenvalue weighted by Crippen LogP contribution is -1.91. The third kappa shape index (κ3) is 1.97. The first-order valence-corrected chi connectivity index (χ1v) is 4.17. The van der Waals surface area contributed by atoms with Crippen LogP contribution in [0.5, 0.6) is 0 Å². The predicted octanol–water partition coefficient (Wildman–Crippen LogP) is 3.67. The van der Waals surface area contributed by atoms with Crippen molar-refractivity contribution in [3.63, 3.8) is 0 Å². The van der Waals surface area contributed by atoms with Crippen molar-refractivity contribution in [1.82, 2.24) is 0 Å². The van der Waals surface area contributed by atoms with Crippen LogP contribution in [0.1, 0.15) is 25.3 Å². The molecule has 0 nitrogen and oxygen atoms in total. The summed E-state index contributed by atoms with van der Waals surface area (Å²) in [5.74, 6) is 0.448. The molecule has 1 aromatic rings. The molecule has 0 aliphatic rings. The molecule has 1 atom stereocenters. The maximum absolute atomic E-state index is 5.98. The van der Waals surface area contributed by atoms with E-state index < -0.39 is 0 Å². The van der Waals surface area contributed by atoms with Crippen LogP contribution in [0.3, 0.4) is 0 Å². The molecule has 0 bridgehead atoms. The van der Waals surface area contributed by atoms with Gasteiger partial charge in [0.15, 0.2) is 0 Å². The van der Waals surface area contributed by atoms with Crippen LogP contribution in [0.15, 0.2) is 24.3 Å². The highest BCUT2D eigenvalue weighted by atomic mass is 35.5. The van der Waals surface area contributed by atoms with E-state index in [0.29, 0.717) is 5.92 Å². The standard InChI is InChI=1S/C10H12Cl/c1-3-8(2)9-6-4-5-7-10(9)11/h3-8H,1-2H3. The highest BCUT2D eigenvalue weighted by Crippen LogP contribution is 2.25. The Bertz CT molecular complexity index is 230. The van der Waals surface area contributed by atoms with Crippen molar-refractivity contribution in [3.8, 4) is 0 Å². The number of benzene rings is 1. The van der Waals surface area contributed by atoms with Crippen LogP contribution >= 0.6 is 11.6 Å². The van der Waals surface area contributed by atoms with Gasteiger partial charge in [0.1, 0.15) is 0 Å². The first-order valence-electron chi connectivity index (χ1n) is 3.79. The summed E-state index contributed by atoms with van der Waals surface area (Å²) in [4.78, 5) is 0. The van der Waals surface area contributed by atoms with Gasteiger partial charge in [-0.1, -0.05) is 43.6 Å². The molecule has 0 saturated carbocycles. The van der Waals surface area contributed by atoms with Crippen molar-refractivity contribution >= 4 is 11.6 Å². The number of rotatable bonds is 2. The van der Waals surface area contributed by atoms with Gasteiger partial charge in [0.05, 0.1) is 0 Å². The SMILES string of the molecule is C[CH]C(C)c1ccccc1Cl. The van der Waals surface area contributed by atoms with Gasteiger partial charge in [0.2, 0.25) is 0 Å². The van der Waals surface area contributed by atoms with E-state index >= 15 is 0 Å². The molecule has 0 aliphatic carbocycles. The van der Waals surface area contributed by atoms with Crippen LogP contribution in [0.25, 0.3) is 0 Å². The second kappa shape index (κ2) is 3.77. The van der Waals surface area contributed by atoms with Crippen molar-refractivity contribution in [2.75, 3.05) is 0 Å². The molecular formula is C10H12Cl. The molecule has 0 saturated heterocycles. The lowest BCUT2D eigenvalue weighted by Gasteiger charge is -2.09. The van der Waals surface area contributed by atoms with E-state index in [-0.39, 0.29) is 0 Å². The Morgan fingerprint density at radius 3 is 2.55 bits per heavy atom. The lowest BCUT2D eigenvalue weighted by atomic mass is 9.99. The summed E-state index contributed by atoms with van der Waals surface area (Å²) in [5.41, 5.74) is 1.21. The third-order valence-corrected chi connectivity index (χ3v) is 2.24. The highest BCUT2D eigenvalue weighted by Gasteiger charge is 2.05. The quantitative estimate of drug-likeness (QED) is 0.631. The van der Waals surface area contributed by atoms with Gasteiger partial charge >= 0.3 is 0 Å². The molecule has 0 aromatic heterocycles. The van der Waals surface area contributed by atoms with E-state index in [4.69, 9.17) is 11.6 Å². The number of halogens is 1. The fourth-order valence-corrected chi connectivity index (χ4v) is 1.33. The van der Waals surface area contributed by atoms with Gasteiger partial charge in [-0.05, 0) is 24.0 Å². The fourth-order valence-electron chi connectivity index (χ4n) is 1.02. The first kappa shape index (κ1) is 8.61. The second-order valence-electron chi connectivity index (χ2n) is 2.64. The summed E-state index contributed by atoms with van der Waals surface area (Å²) in [6.07, 6.45) is 2.14. The first-order chi connectivity index (χ1) is 5.25. The van der Waals surface area contributed by atoms with E-state index in [1.54, 1.807) is 0 Å². The molecule has 1 aromatic carbocycles. The molecule has 0 heterocycles. The normalized spacial score (nSPS) is 13.0. The van der Waals surface area contributed by atoms with E-state index in [2.05, 4.69) is 19.4 Å². The monoisotopic (exact) mass is 167 g/mol. The molecule has 1 unspecified atom stereocenters. The minimum Gasteiger partial charge on any atom is -0.0840 e. The zero-order valence-electron chi connectivity index (χ0n) is 6.84. The smallest absolute Gasteiger partial charge is 0.0440 e. The van der Waals surface area contributed by atoms with Crippen LogP contribution in [-0.4, -0.2) is 0 Å². The summed E-state index contributed by atoms with van der Waals surface area (Å²) in [6.45, 7) is 4.19. The Hall–Kier alpha value is -0.490. The van der Waals surface area contributed by atoms with E-state index in [9.17, 15) is 0 Å². The summed E-state index contributed by atoms with van der Waals surface area (Å²) in [5, 5.41) is 0.859. The van der Waals surface area contributed by atoms with Gasteiger partial charge in [-0.3, -0.25) is 0 Å². The maximum atomic E-state index is 5.98. The average Bonchev–Trinajstić information content (AvgIpc) is 2.04. The second-order valence-corrected chi connectivity index (χ2v) is 3.05. The Kier molecular flexibility index (Phi) is 2.95. The van der Waals surface area contributed by atoms with E-state index in [1.165, 1.54) is 5.56 Å². The van der Waals surface area contributed by atoms with Crippen molar-refractivity contribution in [2.24, 2.45) is 0 Å². The molecule has 1 heteroatoms. The van der Waals surface area contributed by atoms with Gasteiger partial charge in [-0.2, -0.15) is 0 Å². The van der Waals surface area contributed by atoms with Crippen molar-refractivity contribution in [2.45, 2.75) is 19.8 Å². The molecule has 59 valence electrons. The predicted molar refractivity (Wildman–Crippen MR) is 49.8 cm³/mol. The highest BCUT2D eigenvalue weighted by molar-refractivity contribution is 6.31. The molecule has 0 spiro atoms. The van der Waals surface area contributed by atoms with Crippen molar-refractivity contribution in [3.05, 3.63) is 41.3 Å². The van der Waals surface area contributed by atoms with Gasteiger partial charge in [-0.25, -0.2) is 0 Å². The fraction of sp³-hybridized carbons (Fsp3) is 0.300. The molecule has 0 fully saturated rings. The zero-order chi connectivity index (χ0) is 8.27. The Morgan fingerprint density at radius 2 is 2.00 bits per heavy atom. The minimum absolute atomic E-state index is 0.448. The van der Waals surface area contributed by atoms with Crippen LogP contribution in [0.4, 0.5) is 0 Å². The van der Waals surface area contributed by atoms with Gasteiger partial charge < -0.3 is 0 Å². The lowest BCUT2D eigenvalue weighted by molar-refractivity contribution is 0.888. The summed E-state index contributed by atoms with van der Waals surface area (Å²) in [7, 11) is 0. The molecule has 0 amide bonds. The molecule has 1 radical (unpaired) electrons. The third-order valence-electron chi connectivity index (χ3n) is 1.90. The van der Waals surface area contributed by atoms with Crippen molar-refractivity contribution in [1.29, 1.82) is 0 Å². The largest absolute Gasteiger partial charge is 0.0840 e. The number of hydrogen-bond donors (Lipinski definition) is 0. The van der Waals surface area contributed by atoms with Crippen LogP contribution in [-0.2, 0) is 0 Å². The van der Waals surface area contributed by atoms with Crippen LogP contribution in [0.2, 0.25) is 5.02 Å². The van der Waals surface area contributed by atoms with Gasteiger partial charge in [0, 0.05) is 5.02 Å². The van der Waals surface area contributed by atoms with Gasteiger partial charge in [0.25, 0.3) is 0 Å². The van der Waals surface area contributed by atoms with Crippen LogP contribution < -0.4 is 0 Å².